The Labute approximate surface area is 82.1 Å². The smallest absolute Gasteiger partial charge is 0.199 e. The Morgan fingerprint density at radius 2 is 1.85 bits per heavy atom. The van der Waals surface area contributed by atoms with Crippen LogP contribution in [0.25, 0.3) is 0 Å². The molecule has 0 aromatic heterocycles. The van der Waals surface area contributed by atoms with Crippen LogP contribution in [0.4, 0.5) is 5.69 Å². The number of sulfone groups is 1. The van der Waals surface area contributed by atoms with Gasteiger partial charge in [-0.3, -0.25) is 0 Å². The zero-order valence-electron chi connectivity index (χ0n) is 6.64. The molecular weight excluding hydrogens is 210 g/mol. The van der Waals surface area contributed by atoms with E-state index >= 15 is 0 Å². The van der Waals surface area contributed by atoms with Gasteiger partial charge in [0.05, 0.1) is 10.6 Å². The summed E-state index contributed by atoms with van der Waals surface area (Å²) in [5.74, 6) is 0. The molecule has 69 valence electrons. The van der Waals surface area contributed by atoms with E-state index in [0.29, 0.717) is 5.69 Å². The Balaban J connectivity index is 3.13. The van der Waals surface area contributed by atoms with Crippen molar-refractivity contribution in [1.29, 1.82) is 0 Å². The molecule has 0 heterocycles. The lowest BCUT2D eigenvalue weighted by Crippen LogP contribution is -1.94. The number of halogens is 1. The van der Waals surface area contributed by atoms with Crippen LogP contribution in [0.2, 0.25) is 0 Å². The lowest BCUT2D eigenvalue weighted by atomic mass is 10.3. The van der Waals surface area contributed by atoms with Crippen LogP contribution in [0.1, 0.15) is 0 Å². The minimum atomic E-state index is -3.34. The van der Waals surface area contributed by atoms with Gasteiger partial charge in [0.15, 0.2) is 9.84 Å². The van der Waals surface area contributed by atoms with Crippen molar-refractivity contribution in [2.75, 3.05) is 0 Å². The van der Waals surface area contributed by atoms with Crippen molar-refractivity contribution in [3.05, 3.63) is 36.3 Å². The van der Waals surface area contributed by atoms with Crippen molar-refractivity contribution in [2.24, 2.45) is 0 Å². The maximum atomic E-state index is 11.2. The van der Waals surface area contributed by atoms with Crippen molar-refractivity contribution in [2.45, 2.75) is 4.90 Å². The van der Waals surface area contributed by atoms with E-state index in [4.69, 9.17) is 11.8 Å². The van der Waals surface area contributed by atoms with Crippen molar-refractivity contribution >= 4 is 27.3 Å². The molecule has 5 heteroatoms. The molecule has 0 aliphatic carbocycles. The minimum Gasteiger partial charge on any atom is -0.219 e. The molecular formula is C8H7ClNO2S. The lowest BCUT2D eigenvalue weighted by molar-refractivity contribution is 0.604. The van der Waals surface area contributed by atoms with Gasteiger partial charge in [-0.05, 0) is 24.3 Å². The largest absolute Gasteiger partial charge is 0.219 e. The molecule has 0 bridgehead atoms. The maximum absolute atomic E-state index is 11.2. The first kappa shape index (κ1) is 10.1. The maximum Gasteiger partial charge on any atom is 0.199 e. The zero-order valence-corrected chi connectivity index (χ0v) is 8.22. The second kappa shape index (κ2) is 3.81. The van der Waals surface area contributed by atoms with Crippen LogP contribution in [-0.4, -0.2) is 8.42 Å². The highest BCUT2D eigenvalue weighted by Crippen LogP contribution is 2.16. The summed E-state index contributed by atoms with van der Waals surface area (Å²) in [6.45, 7) is 3.21. The summed E-state index contributed by atoms with van der Waals surface area (Å²) in [5.41, 5.74) is 0.518. The quantitative estimate of drug-likeness (QED) is 0.776. The van der Waals surface area contributed by atoms with Gasteiger partial charge in [0, 0.05) is 17.2 Å². The number of rotatable bonds is 3. The van der Waals surface area contributed by atoms with Crippen LogP contribution in [0.5, 0.6) is 0 Å². The molecule has 0 amide bonds. The number of nitrogens with zero attached hydrogens (tertiary/aromatic N) is 1. The lowest BCUT2D eigenvalue weighted by Gasteiger charge is -1.98. The molecule has 0 aliphatic heterocycles. The second-order valence-electron chi connectivity index (χ2n) is 2.29. The van der Waals surface area contributed by atoms with Crippen molar-refractivity contribution in [3.8, 4) is 0 Å². The molecule has 0 aliphatic rings. The molecule has 0 saturated heterocycles. The van der Waals surface area contributed by atoms with E-state index in [-0.39, 0.29) is 4.90 Å². The van der Waals surface area contributed by atoms with Gasteiger partial charge >= 0.3 is 0 Å². The van der Waals surface area contributed by atoms with Crippen LogP contribution in [0, 0.1) is 0 Å². The van der Waals surface area contributed by atoms with Crippen LogP contribution >= 0.6 is 11.8 Å². The van der Waals surface area contributed by atoms with Crippen LogP contribution in [0.15, 0.2) is 41.1 Å². The van der Waals surface area contributed by atoms with Crippen molar-refractivity contribution in [1.82, 2.24) is 4.84 Å². The van der Waals surface area contributed by atoms with Gasteiger partial charge in [0.25, 0.3) is 0 Å². The van der Waals surface area contributed by atoms with E-state index in [1.165, 1.54) is 24.3 Å². The van der Waals surface area contributed by atoms with Crippen LogP contribution in [-0.2, 0) is 9.84 Å². The summed E-state index contributed by atoms with van der Waals surface area (Å²) in [4.78, 5) is 3.56. The van der Waals surface area contributed by atoms with Gasteiger partial charge in [0.2, 0.25) is 0 Å². The monoisotopic (exact) mass is 216 g/mol. The molecule has 0 spiro atoms. The standard InChI is InChI=1S/C8H7ClNO2S/c1-2-13(11,12)8-5-3-7(10-9)4-6-8/h2-6H,1H2. The van der Waals surface area contributed by atoms with E-state index in [2.05, 4.69) is 11.4 Å². The van der Waals surface area contributed by atoms with Gasteiger partial charge in [-0.1, -0.05) is 6.58 Å². The molecule has 1 aromatic rings. The van der Waals surface area contributed by atoms with E-state index < -0.39 is 9.84 Å². The van der Waals surface area contributed by atoms with Crippen LogP contribution in [0.3, 0.4) is 0 Å². The molecule has 1 aromatic carbocycles. The fraction of sp³-hybridized carbons (Fsp3) is 0. The Hall–Kier alpha value is -1.00. The van der Waals surface area contributed by atoms with Gasteiger partial charge in [-0.15, -0.1) is 0 Å². The number of hydrogen-bond acceptors (Lipinski definition) is 2. The Morgan fingerprint density at radius 1 is 1.31 bits per heavy atom. The average Bonchev–Trinajstić information content (AvgIpc) is 2.18. The van der Waals surface area contributed by atoms with Crippen molar-refractivity contribution in [3.63, 3.8) is 0 Å². The van der Waals surface area contributed by atoms with Gasteiger partial charge in [0.1, 0.15) is 0 Å². The summed E-state index contributed by atoms with van der Waals surface area (Å²) in [7, 11) is -3.34. The third-order valence-electron chi connectivity index (χ3n) is 1.48. The number of hydrogen-bond donors (Lipinski definition) is 0. The van der Waals surface area contributed by atoms with Gasteiger partial charge < -0.3 is 0 Å². The highest BCUT2D eigenvalue weighted by molar-refractivity contribution is 7.94. The fourth-order valence-corrected chi connectivity index (χ4v) is 1.61. The molecule has 1 rings (SSSR count). The molecule has 0 saturated carbocycles. The first-order valence-electron chi connectivity index (χ1n) is 3.40. The fourth-order valence-electron chi connectivity index (χ4n) is 0.788. The van der Waals surface area contributed by atoms with Crippen molar-refractivity contribution < 1.29 is 8.42 Å². The van der Waals surface area contributed by atoms with Crippen LogP contribution < -0.4 is 4.84 Å². The highest BCUT2D eigenvalue weighted by Gasteiger charge is 2.08. The normalized spacial score (nSPS) is 10.8. The third-order valence-corrected chi connectivity index (χ3v) is 3.05. The molecule has 3 nitrogen and oxygen atoms in total. The third kappa shape index (κ3) is 2.23. The second-order valence-corrected chi connectivity index (χ2v) is 4.35. The topological polar surface area (TPSA) is 48.2 Å². The summed E-state index contributed by atoms with van der Waals surface area (Å²) in [6.07, 6.45) is 0. The Morgan fingerprint density at radius 3 is 2.23 bits per heavy atom. The molecule has 1 radical (unpaired) electrons. The van der Waals surface area contributed by atoms with E-state index in [1.54, 1.807) is 0 Å². The first-order valence-corrected chi connectivity index (χ1v) is 5.28. The van der Waals surface area contributed by atoms with E-state index in [0.717, 1.165) is 5.41 Å². The minimum absolute atomic E-state index is 0.187. The molecule has 0 fully saturated rings. The molecule has 0 N–H and O–H groups in total. The summed E-state index contributed by atoms with van der Waals surface area (Å²) >= 11 is 5.18. The Bertz CT molecular complexity index is 397. The molecule has 0 unspecified atom stereocenters. The van der Waals surface area contributed by atoms with E-state index in [1.807, 2.05) is 0 Å². The summed E-state index contributed by atoms with van der Waals surface area (Å²) in [6, 6.07) is 5.89. The summed E-state index contributed by atoms with van der Waals surface area (Å²) < 4.78 is 22.4. The van der Waals surface area contributed by atoms with Gasteiger partial charge in [-0.2, -0.15) is 4.84 Å². The summed E-state index contributed by atoms with van der Waals surface area (Å²) in [5, 5.41) is 0.903. The zero-order chi connectivity index (χ0) is 9.90. The first-order chi connectivity index (χ1) is 6.10. The van der Waals surface area contributed by atoms with Gasteiger partial charge in [-0.25, -0.2) is 8.42 Å². The van der Waals surface area contributed by atoms with E-state index in [9.17, 15) is 8.42 Å². The SMILES string of the molecule is C=CS(=O)(=O)c1ccc([N]Cl)cc1. The molecule has 13 heavy (non-hydrogen) atoms. The Kier molecular flexibility index (Phi) is 2.95. The number of benzene rings is 1. The molecule has 0 atom stereocenters. The average molecular weight is 217 g/mol. The predicted octanol–water partition coefficient (Wildman–Crippen LogP) is 1.99. The predicted molar refractivity (Wildman–Crippen MR) is 51.5 cm³/mol. The highest BCUT2D eigenvalue weighted by atomic mass is 35.5.